The molecule has 0 N–H and O–H groups in total. The van der Waals surface area contributed by atoms with E-state index in [2.05, 4.69) is 50.4 Å². The van der Waals surface area contributed by atoms with E-state index in [9.17, 15) is 4.79 Å². The number of hydrogen-bond acceptors (Lipinski definition) is 7. The number of rotatable bonds is 9. The number of nitrogens with zero attached hydrogens (tertiary/aromatic N) is 7. The van der Waals surface area contributed by atoms with E-state index in [1.807, 2.05) is 12.1 Å². The van der Waals surface area contributed by atoms with E-state index < -0.39 is 0 Å². The number of piperazine rings is 1. The minimum Gasteiger partial charge on any atom is -0.463 e. The lowest BCUT2D eigenvalue weighted by atomic mass is 10.0. The van der Waals surface area contributed by atoms with Gasteiger partial charge in [-0.3, -0.25) is 4.79 Å². The van der Waals surface area contributed by atoms with Crippen LogP contribution in [-0.2, 0) is 17.8 Å². The van der Waals surface area contributed by atoms with Gasteiger partial charge in [-0.25, -0.2) is 6.57 Å². The molecular weight excluding hydrogens is 574 g/mol. The molecule has 1 unspecified atom stereocenters. The van der Waals surface area contributed by atoms with Crippen LogP contribution in [0.3, 0.4) is 0 Å². The summed E-state index contributed by atoms with van der Waals surface area (Å²) in [7, 11) is 0. The number of halogens is 1. The van der Waals surface area contributed by atoms with Crippen molar-refractivity contribution < 1.29 is 9.53 Å². The smallest absolute Gasteiger partial charge is 0.318 e. The van der Waals surface area contributed by atoms with Gasteiger partial charge in [-0.15, -0.1) is 0 Å². The second-order valence-corrected chi connectivity index (χ2v) is 13.0. The van der Waals surface area contributed by atoms with Gasteiger partial charge in [-0.05, 0) is 62.4 Å². The molecule has 4 heterocycles. The zero-order valence-electron chi connectivity index (χ0n) is 25.1. The number of anilines is 2. The van der Waals surface area contributed by atoms with Gasteiger partial charge in [0.25, 0.3) is 0 Å². The predicted molar refractivity (Wildman–Crippen MR) is 173 cm³/mol. The summed E-state index contributed by atoms with van der Waals surface area (Å²) in [6, 6.07) is 12.5. The van der Waals surface area contributed by atoms with Gasteiger partial charge in [0.05, 0.1) is 23.9 Å². The quantitative estimate of drug-likeness (QED) is 0.254. The monoisotopic (exact) mass is 611 g/mol. The lowest BCUT2D eigenvalue weighted by Crippen LogP contribution is -2.56. The topological polar surface area (TPSA) is 69.4 Å². The number of aromatic nitrogens is 2. The molecule has 10 heteroatoms. The Kier molecular flexibility index (Phi) is 7.81. The van der Waals surface area contributed by atoms with Crippen LogP contribution in [0.1, 0.15) is 30.5 Å². The molecule has 3 aromatic rings. The van der Waals surface area contributed by atoms with Crippen molar-refractivity contribution in [2.24, 2.45) is 5.41 Å². The Bertz CT molecular complexity index is 1620. The number of carbonyl (C=O) groups is 1. The van der Waals surface area contributed by atoms with Crippen LogP contribution >= 0.6 is 11.6 Å². The summed E-state index contributed by atoms with van der Waals surface area (Å²) in [5.74, 6) is 0.738. The van der Waals surface area contributed by atoms with E-state index in [1.165, 1.54) is 38.4 Å². The molecule has 1 aliphatic carbocycles. The Morgan fingerprint density at radius 2 is 1.93 bits per heavy atom. The van der Waals surface area contributed by atoms with Crippen LogP contribution in [0.5, 0.6) is 6.01 Å². The molecule has 9 nitrogen and oxygen atoms in total. The Balaban J connectivity index is 1.20. The average molecular weight is 612 g/mol. The minimum atomic E-state index is -0.231. The number of ether oxygens (including phenoxy) is 1. The predicted octanol–water partition coefficient (Wildman–Crippen LogP) is 4.83. The summed E-state index contributed by atoms with van der Waals surface area (Å²) in [6.45, 7) is 18.6. The number of hydrogen-bond donors (Lipinski definition) is 0. The Morgan fingerprint density at radius 3 is 2.66 bits per heavy atom. The maximum absolute atomic E-state index is 12.6. The molecule has 0 spiro atoms. The molecule has 228 valence electrons. The molecule has 0 radical (unpaired) electrons. The van der Waals surface area contributed by atoms with Gasteiger partial charge in [0.1, 0.15) is 11.9 Å². The first-order valence-electron chi connectivity index (χ1n) is 15.7. The number of likely N-dealkylation sites (tertiary alicyclic amines) is 1. The lowest BCUT2D eigenvalue weighted by Gasteiger charge is -2.41. The van der Waals surface area contributed by atoms with Gasteiger partial charge in [-0.2, -0.15) is 9.97 Å². The summed E-state index contributed by atoms with van der Waals surface area (Å²) in [5.41, 5.74) is 3.37. The van der Waals surface area contributed by atoms with Crippen LogP contribution in [0.4, 0.5) is 11.5 Å². The number of carbonyl (C=O) groups excluding carboxylic acids is 1. The van der Waals surface area contributed by atoms with Crippen molar-refractivity contribution in [3.8, 4) is 6.01 Å². The second kappa shape index (κ2) is 11.9. The number of benzene rings is 2. The van der Waals surface area contributed by atoms with Gasteiger partial charge in [-0.1, -0.05) is 42.4 Å². The molecule has 4 aliphatic rings. The molecule has 2 aromatic carbocycles. The Labute approximate surface area is 263 Å². The zero-order valence-corrected chi connectivity index (χ0v) is 25.8. The maximum atomic E-state index is 12.6. The standard InChI is InChI=1S/C34H38ClN7O2/c1-3-30(43)42-18-17-41(20-25(42)19-36-2)32-26-11-16-40(29-10-5-8-24-7-4-9-27(35)31(24)29)21-28(26)37-33(38-32)44-23-34(12-13-34)22-39-14-6-15-39/h3-5,7-10,25H,1,6,11-23H2. The second-order valence-electron chi connectivity index (χ2n) is 12.6. The molecule has 44 heavy (non-hydrogen) atoms. The average Bonchev–Trinajstić information content (AvgIpc) is 3.80. The van der Waals surface area contributed by atoms with Gasteiger partial charge in [0.15, 0.2) is 0 Å². The van der Waals surface area contributed by atoms with Gasteiger partial charge in [0, 0.05) is 54.8 Å². The van der Waals surface area contributed by atoms with Crippen LogP contribution in [-0.4, -0.2) is 90.7 Å². The molecule has 3 aliphatic heterocycles. The SMILES string of the molecule is [C-]#[N+]CC1CN(c2nc(OCC3(CN4CCC4)CC3)nc3c2CCN(c2cccc4cccc(Cl)c24)C3)CCN1C(=O)C=C. The van der Waals surface area contributed by atoms with E-state index >= 15 is 0 Å². The van der Waals surface area contributed by atoms with Crippen LogP contribution in [0.2, 0.25) is 5.02 Å². The van der Waals surface area contributed by atoms with Crippen LogP contribution in [0.25, 0.3) is 15.6 Å². The largest absolute Gasteiger partial charge is 0.463 e. The van der Waals surface area contributed by atoms with E-state index in [1.54, 1.807) is 4.90 Å². The molecule has 7 rings (SSSR count). The first-order chi connectivity index (χ1) is 21.5. The highest BCUT2D eigenvalue weighted by Crippen LogP contribution is 2.47. The fourth-order valence-corrected chi connectivity index (χ4v) is 7.21. The first kappa shape index (κ1) is 28.9. The molecule has 0 bridgehead atoms. The molecule has 2 saturated heterocycles. The normalized spacial score (nSPS) is 20.9. The Hall–Kier alpha value is -3.87. The van der Waals surface area contributed by atoms with Crippen LogP contribution in [0.15, 0.2) is 49.1 Å². The van der Waals surface area contributed by atoms with Crippen molar-refractivity contribution in [2.45, 2.75) is 38.3 Å². The molecule has 1 amide bonds. The molecule has 1 saturated carbocycles. The highest BCUT2D eigenvalue weighted by molar-refractivity contribution is 6.36. The summed E-state index contributed by atoms with van der Waals surface area (Å²) in [4.78, 5) is 35.2. The zero-order chi connectivity index (χ0) is 30.3. The van der Waals surface area contributed by atoms with Crippen LogP contribution < -0.4 is 14.5 Å². The molecule has 1 aromatic heterocycles. The van der Waals surface area contributed by atoms with Crippen molar-refractivity contribution in [1.82, 2.24) is 19.8 Å². The third-order valence-corrected chi connectivity index (χ3v) is 10.0. The minimum absolute atomic E-state index is 0.131. The highest BCUT2D eigenvalue weighted by Gasteiger charge is 2.46. The maximum Gasteiger partial charge on any atom is 0.318 e. The highest BCUT2D eigenvalue weighted by atomic mass is 35.5. The number of amides is 1. The van der Waals surface area contributed by atoms with E-state index in [4.69, 9.17) is 32.9 Å². The third-order valence-electron chi connectivity index (χ3n) is 9.71. The van der Waals surface area contributed by atoms with Gasteiger partial charge >= 0.3 is 6.01 Å². The summed E-state index contributed by atoms with van der Waals surface area (Å²) in [5, 5.41) is 2.91. The Morgan fingerprint density at radius 1 is 1.11 bits per heavy atom. The fourth-order valence-electron chi connectivity index (χ4n) is 6.93. The van der Waals surface area contributed by atoms with Crippen molar-refractivity contribution in [3.63, 3.8) is 0 Å². The van der Waals surface area contributed by atoms with Gasteiger partial charge in [0.2, 0.25) is 12.5 Å². The van der Waals surface area contributed by atoms with E-state index in [0.717, 1.165) is 58.1 Å². The van der Waals surface area contributed by atoms with Crippen LogP contribution in [0, 0.1) is 12.0 Å². The number of fused-ring (bicyclic) bond motifs is 2. The molecule has 3 fully saturated rings. The van der Waals surface area contributed by atoms with Gasteiger partial charge < -0.3 is 29.2 Å². The first-order valence-corrected chi connectivity index (χ1v) is 16.0. The van der Waals surface area contributed by atoms with Crippen molar-refractivity contribution in [2.75, 3.05) is 68.8 Å². The molecular formula is C34H38ClN7O2. The van der Waals surface area contributed by atoms with Crippen molar-refractivity contribution >= 4 is 39.8 Å². The van der Waals surface area contributed by atoms with Crippen molar-refractivity contribution in [3.05, 3.63) is 76.8 Å². The van der Waals surface area contributed by atoms with E-state index in [0.29, 0.717) is 38.8 Å². The fraction of sp³-hybridized carbons (Fsp3) is 0.471. The molecule has 1 atom stereocenters. The summed E-state index contributed by atoms with van der Waals surface area (Å²) >= 11 is 6.72. The van der Waals surface area contributed by atoms with E-state index in [-0.39, 0.29) is 23.9 Å². The summed E-state index contributed by atoms with van der Waals surface area (Å²) in [6.07, 6.45) is 5.74. The summed E-state index contributed by atoms with van der Waals surface area (Å²) < 4.78 is 6.44. The lowest BCUT2D eigenvalue weighted by molar-refractivity contribution is -0.128. The third kappa shape index (κ3) is 5.57. The van der Waals surface area contributed by atoms with Crippen molar-refractivity contribution in [1.29, 1.82) is 0 Å².